The number of sulfone groups is 1. The lowest BCUT2D eigenvalue weighted by Gasteiger charge is -2.18. The topological polar surface area (TPSA) is 69.4 Å². The highest BCUT2D eigenvalue weighted by molar-refractivity contribution is 7.91. The second kappa shape index (κ2) is 5.18. The third-order valence-corrected chi connectivity index (χ3v) is 4.44. The number of rotatable bonds is 4. The Bertz CT molecular complexity index is 516. The van der Waals surface area contributed by atoms with E-state index in [1.165, 1.54) is 13.2 Å². The van der Waals surface area contributed by atoms with Crippen molar-refractivity contribution in [2.75, 3.05) is 18.6 Å². The number of methoxy groups -OCH3 is 1. The molecule has 2 N–H and O–H groups in total. The van der Waals surface area contributed by atoms with E-state index >= 15 is 0 Å². The number of benzene rings is 1. The molecule has 0 saturated heterocycles. The van der Waals surface area contributed by atoms with Crippen LogP contribution < -0.4 is 10.5 Å². The highest BCUT2D eigenvalue weighted by Crippen LogP contribution is 2.28. The minimum Gasteiger partial charge on any atom is -0.497 e. The van der Waals surface area contributed by atoms with Crippen molar-refractivity contribution in [2.45, 2.75) is 32.1 Å². The molecule has 1 aromatic carbocycles. The average Bonchev–Trinajstić information content (AvgIpc) is 2.26. The van der Waals surface area contributed by atoms with Gasteiger partial charge in [0.15, 0.2) is 9.84 Å². The normalized spacial score (nSPS) is 12.4. The van der Waals surface area contributed by atoms with Crippen LogP contribution in [0.3, 0.4) is 0 Å². The molecule has 18 heavy (non-hydrogen) atoms. The lowest BCUT2D eigenvalue weighted by atomic mass is 9.94. The van der Waals surface area contributed by atoms with Gasteiger partial charge in [-0.05, 0) is 24.0 Å². The van der Waals surface area contributed by atoms with Crippen molar-refractivity contribution in [1.82, 2.24) is 0 Å². The fourth-order valence-corrected chi connectivity index (χ4v) is 3.29. The first kappa shape index (κ1) is 14.8. The van der Waals surface area contributed by atoms with Gasteiger partial charge >= 0.3 is 0 Å². The molecule has 1 rings (SSSR count). The van der Waals surface area contributed by atoms with Gasteiger partial charge in [-0.1, -0.05) is 20.8 Å². The van der Waals surface area contributed by atoms with Crippen LogP contribution in [-0.2, 0) is 9.84 Å². The van der Waals surface area contributed by atoms with Crippen LogP contribution in [0, 0.1) is 5.41 Å². The van der Waals surface area contributed by atoms with Crippen molar-refractivity contribution in [3.63, 3.8) is 0 Å². The summed E-state index contributed by atoms with van der Waals surface area (Å²) in [5, 5.41) is 0. The van der Waals surface area contributed by atoms with E-state index in [2.05, 4.69) is 0 Å². The van der Waals surface area contributed by atoms with Gasteiger partial charge in [-0.3, -0.25) is 0 Å². The van der Waals surface area contributed by atoms with Gasteiger partial charge in [0.05, 0.1) is 23.4 Å². The molecule has 0 bridgehead atoms. The Morgan fingerprint density at radius 3 is 2.39 bits per heavy atom. The summed E-state index contributed by atoms with van der Waals surface area (Å²) in [6, 6.07) is 4.69. The zero-order chi connectivity index (χ0) is 14.0. The van der Waals surface area contributed by atoms with Crippen LogP contribution >= 0.6 is 0 Å². The van der Waals surface area contributed by atoms with Crippen LogP contribution in [0.5, 0.6) is 5.75 Å². The van der Waals surface area contributed by atoms with E-state index in [-0.39, 0.29) is 21.8 Å². The monoisotopic (exact) mass is 271 g/mol. The van der Waals surface area contributed by atoms with Gasteiger partial charge in [-0.15, -0.1) is 0 Å². The van der Waals surface area contributed by atoms with Crippen molar-refractivity contribution < 1.29 is 13.2 Å². The average molecular weight is 271 g/mol. The van der Waals surface area contributed by atoms with Gasteiger partial charge in [-0.2, -0.15) is 0 Å². The van der Waals surface area contributed by atoms with Gasteiger partial charge in [0.25, 0.3) is 0 Å². The highest BCUT2D eigenvalue weighted by Gasteiger charge is 2.22. The summed E-state index contributed by atoms with van der Waals surface area (Å²) in [6.07, 6.45) is 0.589. The highest BCUT2D eigenvalue weighted by atomic mass is 32.2. The molecule has 102 valence electrons. The summed E-state index contributed by atoms with van der Waals surface area (Å²) in [6.45, 7) is 6.03. The van der Waals surface area contributed by atoms with Gasteiger partial charge in [0.2, 0.25) is 0 Å². The first-order chi connectivity index (χ1) is 8.15. The van der Waals surface area contributed by atoms with E-state index in [1.807, 2.05) is 20.8 Å². The predicted octanol–water partition coefficient (Wildman–Crippen LogP) is 2.49. The van der Waals surface area contributed by atoms with E-state index in [4.69, 9.17) is 10.5 Å². The largest absolute Gasteiger partial charge is 0.497 e. The maximum absolute atomic E-state index is 12.2. The lowest BCUT2D eigenvalue weighted by molar-refractivity contribution is 0.397. The summed E-state index contributed by atoms with van der Waals surface area (Å²) in [4.78, 5) is 0.158. The Hall–Kier alpha value is -1.23. The second-order valence-corrected chi connectivity index (χ2v) is 7.61. The zero-order valence-corrected chi connectivity index (χ0v) is 12.2. The molecule has 4 nitrogen and oxygen atoms in total. The minimum atomic E-state index is -3.36. The SMILES string of the molecule is COc1ccc(N)c(S(=O)(=O)CCC(C)(C)C)c1. The van der Waals surface area contributed by atoms with Crippen LogP contribution in [0.15, 0.2) is 23.1 Å². The smallest absolute Gasteiger partial charge is 0.180 e. The molecule has 0 amide bonds. The molecule has 0 radical (unpaired) electrons. The van der Waals surface area contributed by atoms with Crippen molar-refractivity contribution in [2.24, 2.45) is 5.41 Å². The third-order valence-electron chi connectivity index (χ3n) is 2.68. The van der Waals surface area contributed by atoms with Crippen LogP contribution in [-0.4, -0.2) is 21.3 Å². The van der Waals surface area contributed by atoms with Crippen molar-refractivity contribution in [3.05, 3.63) is 18.2 Å². The molecule has 0 fully saturated rings. The fraction of sp³-hybridized carbons (Fsp3) is 0.538. The number of hydrogen-bond acceptors (Lipinski definition) is 4. The van der Waals surface area contributed by atoms with E-state index in [0.717, 1.165) is 0 Å². The second-order valence-electron chi connectivity index (χ2n) is 5.53. The summed E-state index contributed by atoms with van der Waals surface area (Å²) >= 11 is 0. The fourth-order valence-electron chi connectivity index (χ4n) is 1.46. The van der Waals surface area contributed by atoms with Gasteiger partial charge in [0.1, 0.15) is 5.75 Å². The molecule has 0 spiro atoms. The molecule has 0 aliphatic carbocycles. The number of anilines is 1. The summed E-state index contributed by atoms with van der Waals surface area (Å²) in [5.41, 5.74) is 5.98. The third kappa shape index (κ3) is 3.91. The quantitative estimate of drug-likeness (QED) is 0.854. The van der Waals surface area contributed by atoms with Crippen molar-refractivity contribution in [3.8, 4) is 5.75 Å². The maximum Gasteiger partial charge on any atom is 0.180 e. The molecule has 0 unspecified atom stereocenters. The van der Waals surface area contributed by atoms with Gasteiger partial charge in [-0.25, -0.2) is 8.42 Å². The predicted molar refractivity (Wildman–Crippen MR) is 73.5 cm³/mol. The molecule has 0 aliphatic rings. The Labute approximate surface area is 109 Å². The molecule has 0 aromatic heterocycles. The molecule has 0 atom stereocenters. The maximum atomic E-state index is 12.2. The van der Waals surface area contributed by atoms with E-state index in [0.29, 0.717) is 12.2 Å². The number of ether oxygens (including phenoxy) is 1. The first-order valence-corrected chi connectivity index (χ1v) is 7.47. The number of nitrogens with two attached hydrogens (primary N) is 1. The van der Waals surface area contributed by atoms with Crippen LogP contribution in [0.4, 0.5) is 5.69 Å². The van der Waals surface area contributed by atoms with E-state index < -0.39 is 9.84 Å². The Morgan fingerprint density at radius 1 is 1.28 bits per heavy atom. The molecule has 5 heteroatoms. The molecule has 0 saturated carbocycles. The zero-order valence-electron chi connectivity index (χ0n) is 11.4. The number of hydrogen-bond donors (Lipinski definition) is 1. The first-order valence-electron chi connectivity index (χ1n) is 5.82. The van der Waals surface area contributed by atoms with Crippen LogP contribution in [0.25, 0.3) is 0 Å². The van der Waals surface area contributed by atoms with E-state index in [1.54, 1.807) is 12.1 Å². The summed E-state index contributed by atoms with van der Waals surface area (Å²) < 4.78 is 29.5. The molecular weight excluding hydrogens is 250 g/mol. The van der Waals surface area contributed by atoms with E-state index in [9.17, 15) is 8.42 Å². The molecular formula is C13H21NO3S. The summed E-state index contributed by atoms with van der Waals surface area (Å²) in [5.74, 6) is 0.590. The van der Waals surface area contributed by atoms with Gasteiger partial charge < -0.3 is 10.5 Å². The molecule has 0 heterocycles. The van der Waals surface area contributed by atoms with Crippen molar-refractivity contribution >= 4 is 15.5 Å². The number of nitrogen functional groups attached to an aromatic ring is 1. The Kier molecular flexibility index (Phi) is 4.27. The minimum absolute atomic E-state index is 0.0271. The Balaban J connectivity index is 3.05. The summed E-state index contributed by atoms with van der Waals surface area (Å²) in [7, 11) is -1.86. The Morgan fingerprint density at radius 2 is 1.89 bits per heavy atom. The standard InChI is InChI=1S/C13H21NO3S/c1-13(2,3)7-8-18(15,16)12-9-10(17-4)5-6-11(12)14/h5-6,9H,7-8,14H2,1-4H3. The molecule has 0 aliphatic heterocycles. The van der Waals surface area contributed by atoms with Crippen molar-refractivity contribution in [1.29, 1.82) is 0 Å². The van der Waals surface area contributed by atoms with Crippen LogP contribution in [0.2, 0.25) is 0 Å². The lowest BCUT2D eigenvalue weighted by Crippen LogP contribution is -2.16. The van der Waals surface area contributed by atoms with Gasteiger partial charge in [0, 0.05) is 6.07 Å². The van der Waals surface area contributed by atoms with Crippen LogP contribution in [0.1, 0.15) is 27.2 Å². The molecule has 1 aromatic rings.